The molecule has 0 aliphatic heterocycles. The van der Waals surface area contributed by atoms with E-state index in [-0.39, 0.29) is 17.9 Å². The second-order valence-electron chi connectivity index (χ2n) is 5.56. The molecule has 0 spiro atoms. The summed E-state index contributed by atoms with van der Waals surface area (Å²) in [6.45, 7) is 7.27. The van der Waals surface area contributed by atoms with Crippen molar-refractivity contribution in [2.75, 3.05) is 0 Å². The Morgan fingerprint density at radius 1 is 1.19 bits per heavy atom. The van der Waals surface area contributed by atoms with Gasteiger partial charge in [-0.05, 0) is 34.1 Å². The molecule has 0 radical (unpaired) electrons. The Balaban J connectivity index is 4.09. The third-order valence-corrected chi connectivity index (χ3v) is 2.09. The molecule has 2 amide bonds. The molecule has 0 heterocycles. The second kappa shape index (κ2) is 5.30. The molecule has 0 aromatic carbocycles. The van der Waals surface area contributed by atoms with Crippen LogP contribution in [0.1, 0.15) is 47.0 Å². The molecule has 0 aromatic rings. The number of amides is 2. The summed E-state index contributed by atoms with van der Waals surface area (Å²) in [4.78, 5) is 22.3. The summed E-state index contributed by atoms with van der Waals surface area (Å²) in [7, 11) is 0. The molecule has 0 bridgehead atoms. The number of carbonyl (C=O) groups is 2. The van der Waals surface area contributed by atoms with Gasteiger partial charge in [-0.1, -0.05) is 0 Å². The number of hydrogen-bond acceptors (Lipinski definition) is 3. The highest BCUT2D eigenvalue weighted by atomic mass is 16.2. The van der Waals surface area contributed by atoms with Crippen molar-refractivity contribution < 1.29 is 9.59 Å². The van der Waals surface area contributed by atoms with Crippen LogP contribution < -0.4 is 16.8 Å². The lowest BCUT2D eigenvalue weighted by Gasteiger charge is -2.26. The highest BCUT2D eigenvalue weighted by molar-refractivity contribution is 5.79. The lowest BCUT2D eigenvalue weighted by atomic mass is 9.97. The highest BCUT2D eigenvalue weighted by Crippen LogP contribution is 2.11. The van der Waals surface area contributed by atoms with E-state index in [1.165, 1.54) is 0 Å². The van der Waals surface area contributed by atoms with Crippen molar-refractivity contribution in [3.63, 3.8) is 0 Å². The smallest absolute Gasteiger partial charge is 0.220 e. The summed E-state index contributed by atoms with van der Waals surface area (Å²) in [5.41, 5.74) is 9.91. The monoisotopic (exact) mass is 229 g/mol. The van der Waals surface area contributed by atoms with E-state index in [1.807, 2.05) is 13.8 Å². The number of hydrogen-bond donors (Lipinski definition) is 3. The summed E-state index contributed by atoms with van der Waals surface area (Å²) >= 11 is 0. The van der Waals surface area contributed by atoms with Gasteiger partial charge in [0.05, 0.1) is 0 Å². The first-order chi connectivity index (χ1) is 7.02. The SMILES string of the molecule is CC(C)(N)CCC(=O)NC(C)(C)CC(N)=O. The van der Waals surface area contributed by atoms with Crippen LogP contribution in [0.4, 0.5) is 0 Å². The van der Waals surface area contributed by atoms with Gasteiger partial charge in [0.2, 0.25) is 11.8 Å². The van der Waals surface area contributed by atoms with E-state index in [0.717, 1.165) is 0 Å². The van der Waals surface area contributed by atoms with Gasteiger partial charge in [-0.15, -0.1) is 0 Å². The van der Waals surface area contributed by atoms with E-state index in [0.29, 0.717) is 12.8 Å². The Morgan fingerprint density at radius 3 is 2.06 bits per heavy atom. The van der Waals surface area contributed by atoms with E-state index < -0.39 is 11.4 Å². The van der Waals surface area contributed by atoms with Crippen molar-refractivity contribution in [2.24, 2.45) is 11.5 Å². The van der Waals surface area contributed by atoms with Crippen molar-refractivity contribution in [2.45, 2.75) is 58.0 Å². The molecule has 94 valence electrons. The maximum absolute atomic E-state index is 11.6. The number of rotatable bonds is 6. The van der Waals surface area contributed by atoms with Crippen LogP contribution in [0, 0.1) is 0 Å². The van der Waals surface area contributed by atoms with E-state index >= 15 is 0 Å². The van der Waals surface area contributed by atoms with Gasteiger partial charge in [0.25, 0.3) is 0 Å². The van der Waals surface area contributed by atoms with Gasteiger partial charge < -0.3 is 16.8 Å². The third kappa shape index (κ3) is 8.23. The minimum Gasteiger partial charge on any atom is -0.370 e. The molecule has 16 heavy (non-hydrogen) atoms. The summed E-state index contributed by atoms with van der Waals surface area (Å²) in [6, 6.07) is 0. The van der Waals surface area contributed by atoms with Gasteiger partial charge >= 0.3 is 0 Å². The van der Waals surface area contributed by atoms with E-state index in [9.17, 15) is 9.59 Å². The molecule has 0 saturated heterocycles. The first-order valence-corrected chi connectivity index (χ1v) is 5.40. The number of nitrogens with one attached hydrogen (secondary N) is 1. The number of carbonyl (C=O) groups excluding carboxylic acids is 2. The fraction of sp³-hybridized carbons (Fsp3) is 0.818. The minimum absolute atomic E-state index is 0.107. The van der Waals surface area contributed by atoms with Gasteiger partial charge in [0.1, 0.15) is 0 Å². The molecular formula is C11H23N3O2. The number of nitrogens with two attached hydrogens (primary N) is 2. The molecule has 0 rings (SSSR count). The van der Waals surface area contributed by atoms with Crippen LogP contribution in [0.5, 0.6) is 0 Å². The van der Waals surface area contributed by atoms with Crippen molar-refractivity contribution in [3.05, 3.63) is 0 Å². The van der Waals surface area contributed by atoms with Crippen molar-refractivity contribution >= 4 is 11.8 Å². The molecule has 0 saturated carbocycles. The molecule has 0 aliphatic rings. The molecule has 5 N–H and O–H groups in total. The molecule has 5 nitrogen and oxygen atoms in total. The molecule has 5 heteroatoms. The Kier molecular flexibility index (Phi) is 4.93. The predicted molar refractivity (Wildman–Crippen MR) is 63.5 cm³/mol. The van der Waals surface area contributed by atoms with E-state index in [1.54, 1.807) is 13.8 Å². The first-order valence-electron chi connectivity index (χ1n) is 5.40. The zero-order valence-corrected chi connectivity index (χ0v) is 10.6. The highest BCUT2D eigenvalue weighted by Gasteiger charge is 2.23. The van der Waals surface area contributed by atoms with Crippen LogP contribution in [0.2, 0.25) is 0 Å². The number of primary amides is 1. The molecule has 0 aromatic heterocycles. The van der Waals surface area contributed by atoms with Crippen LogP contribution in [-0.4, -0.2) is 22.9 Å². The van der Waals surface area contributed by atoms with Crippen LogP contribution in [0.3, 0.4) is 0 Å². The topological polar surface area (TPSA) is 98.2 Å². The predicted octanol–water partition coefficient (Wildman–Crippen LogP) is 0.274. The van der Waals surface area contributed by atoms with Gasteiger partial charge in [0, 0.05) is 23.9 Å². The molecule has 0 aliphatic carbocycles. The third-order valence-electron chi connectivity index (χ3n) is 2.09. The van der Waals surface area contributed by atoms with Crippen LogP contribution in [0.15, 0.2) is 0 Å². The van der Waals surface area contributed by atoms with Crippen LogP contribution >= 0.6 is 0 Å². The molecule has 0 atom stereocenters. The Morgan fingerprint density at radius 2 is 1.69 bits per heavy atom. The summed E-state index contributed by atoms with van der Waals surface area (Å²) < 4.78 is 0. The van der Waals surface area contributed by atoms with E-state index in [2.05, 4.69) is 5.32 Å². The van der Waals surface area contributed by atoms with Crippen molar-refractivity contribution in [1.82, 2.24) is 5.32 Å². The zero-order valence-electron chi connectivity index (χ0n) is 10.6. The fourth-order valence-electron chi connectivity index (χ4n) is 1.36. The van der Waals surface area contributed by atoms with Gasteiger partial charge in [-0.2, -0.15) is 0 Å². The van der Waals surface area contributed by atoms with Gasteiger partial charge in [-0.3, -0.25) is 9.59 Å². The van der Waals surface area contributed by atoms with Crippen molar-refractivity contribution in [3.8, 4) is 0 Å². The molecular weight excluding hydrogens is 206 g/mol. The largest absolute Gasteiger partial charge is 0.370 e. The normalized spacial score (nSPS) is 12.3. The maximum Gasteiger partial charge on any atom is 0.220 e. The maximum atomic E-state index is 11.6. The van der Waals surface area contributed by atoms with Gasteiger partial charge in [-0.25, -0.2) is 0 Å². The Labute approximate surface area is 96.9 Å². The first kappa shape index (κ1) is 14.9. The lowest BCUT2D eigenvalue weighted by Crippen LogP contribution is -2.46. The quantitative estimate of drug-likeness (QED) is 0.610. The second-order valence-corrected chi connectivity index (χ2v) is 5.56. The standard InChI is InChI=1S/C11H23N3O2/c1-10(2,13)6-5-9(16)14-11(3,4)7-8(12)15/h5-7,13H2,1-4H3,(H2,12,15)(H,14,16). The molecule has 0 fully saturated rings. The van der Waals surface area contributed by atoms with Crippen LogP contribution in [-0.2, 0) is 9.59 Å². The summed E-state index contributed by atoms with van der Waals surface area (Å²) in [6.07, 6.45) is 1.09. The molecule has 0 unspecified atom stereocenters. The zero-order chi connectivity index (χ0) is 13.0. The van der Waals surface area contributed by atoms with Crippen molar-refractivity contribution in [1.29, 1.82) is 0 Å². The summed E-state index contributed by atoms with van der Waals surface area (Å²) in [5.74, 6) is -0.533. The Bertz CT molecular complexity index is 267. The average Bonchev–Trinajstić information content (AvgIpc) is 1.95. The van der Waals surface area contributed by atoms with Crippen LogP contribution in [0.25, 0.3) is 0 Å². The fourth-order valence-corrected chi connectivity index (χ4v) is 1.36. The van der Waals surface area contributed by atoms with Gasteiger partial charge in [0.15, 0.2) is 0 Å². The lowest BCUT2D eigenvalue weighted by molar-refractivity contribution is -0.124. The van der Waals surface area contributed by atoms with E-state index in [4.69, 9.17) is 11.5 Å². The Hall–Kier alpha value is -1.10. The minimum atomic E-state index is -0.596. The summed E-state index contributed by atoms with van der Waals surface area (Å²) in [5, 5.41) is 2.76. The average molecular weight is 229 g/mol.